The number of ether oxygens (including phenoxy) is 2. The van der Waals surface area contributed by atoms with E-state index in [0.717, 1.165) is 6.08 Å². The number of phenols is 2. The standard InChI is InChI=1S/C15H18O9/c16-6-10-14(12(20)13(21)15(22)23-10)24-11(19)4-2-7-1-3-8(17)9(18)5-7/h1-5,10,12-18,20-22H,6H2/b4-2+/t10-,12-,13-,14-,15-/m1/s1. The van der Waals surface area contributed by atoms with Gasteiger partial charge in [0.25, 0.3) is 0 Å². The van der Waals surface area contributed by atoms with E-state index >= 15 is 0 Å². The number of benzene rings is 1. The van der Waals surface area contributed by atoms with Crippen LogP contribution in [0.5, 0.6) is 11.5 Å². The van der Waals surface area contributed by atoms with Gasteiger partial charge in [0.05, 0.1) is 6.61 Å². The van der Waals surface area contributed by atoms with Crippen LogP contribution in [-0.4, -0.2) is 73.9 Å². The molecular weight excluding hydrogens is 324 g/mol. The second kappa shape index (κ2) is 7.60. The van der Waals surface area contributed by atoms with Crippen LogP contribution in [0.2, 0.25) is 0 Å². The highest BCUT2D eigenvalue weighted by Gasteiger charge is 2.45. The molecule has 0 aliphatic carbocycles. The number of aromatic hydroxyl groups is 2. The summed E-state index contributed by atoms with van der Waals surface area (Å²) in [5.41, 5.74) is 0.400. The van der Waals surface area contributed by atoms with Crippen molar-refractivity contribution in [1.29, 1.82) is 0 Å². The average molecular weight is 342 g/mol. The Morgan fingerprint density at radius 1 is 1.17 bits per heavy atom. The molecule has 24 heavy (non-hydrogen) atoms. The summed E-state index contributed by atoms with van der Waals surface area (Å²) >= 11 is 0. The number of carbonyl (C=O) groups excluding carboxylic acids is 1. The molecule has 132 valence electrons. The summed E-state index contributed by atoms with van der Waals surface area (Å²) in [4.78, 5) is 11.8. The summed E-state index contributed by atoms with van der Waals surface area (Å²) in [7, 11) is 0. The highest BCUT2D eigenvalue weighted by molar-refractivity contribution is 5.87. The zero-order valence-electron chi connectivity index (χ0n) is 12.4. The molecule has 1 saturated heterocycles. The summed E-state index contributed by atoms with van der Waals surface area (Å²) in [5, 5.41) is 56.5. The molecule has 6 N–H and O–H groups in total. The van der Waals surface area contributed by atoms with E-state index in [9.17, 15) is 35.4 Å². The van der Waals surface area contributed by atoms with Crippen molar-refractivity contribution in [3.63, 3.8) is 0 Å². The lowest BCUT2D eigenvalue weighted by molar-refractivity contribution is -0.289. The van der Waals surface area contributed by atoms with Gasteiger partial charge in [-0.3, -0.25) is 0 Å². The third-order valence-corrected chi connectivity index (χ3v) is 3.50. The molecule has 0 radical (unpaired) electrons. The van der Waals surface area contributed by atoms with E-state index in [1.165, 1.54) is 24.3 Å². The zero-order valence-corrected chi connectivity index (χ0v) is 12.4. The maximum absolute atomic E-state index is 11.8. The molecule has 0 bridgehead atoms. The first kappa shape index (κ1) is 18.2. The van der Waals surface area contributed by atoms with E-state index in [2.05, 4.69) is 0 Å². The van der Waals surface area contributed by atoms with Crippen molar-refractivity contribution in [3.05, 3.63) is 29.8 Å². The number of aliphatic hydroxyl groups is 4. The fourth-order valence-corrected chi connectivity index (χ4v) is 2.19. The van der Waals surface area contributed by atoms with Crippen LogP contribution in [0.25, 0.3) is 6.08 Å². The smallest absolute Gasteiger partial charge is 0.331 e. The van der Waals surface area contributed by atoms with Gasteiger partial charge < -0.3 is 40.1 Å². The van der Waals surface area contributed by atoms with Gasteiger partial charge in [0.15, 0.2) is 23.9 Å². The molecule has 1 aromatic carbocycles. The Kier molecular flexibility index (Phi) is 5.75. The van der Waals surface area contributed by atoms with E-state index in [4.69, 9.17) is 9.47 Å². The minimum Gasteiger partial charge on any atom is -0.504 e. The minimum absolute atomic E-state index is 0.310. The Labute approximate surface area is 136 Å². The number of carbonyl (C=O) groups is 1. The second-order valence-corrected chi connectivity index (χ2v) is 5.21. The van der Waals surface area contributed by atoms with Gasteiger partial charge in [-0.2, -0.15) is 0 Å². The number of phenolic OH excluding ortho intramolecular Hbond substituents is 2. The molecule has 0 aromatic heterocycles. The molecule has 9 nitrogen and oxygen atoms in total. The van der Waals surface area contributed by atoms with Gasteiger partial charge in [-0.25, -0.2) is 4.79 Å². The van der Waals surface area contributed by atoms with Crippen LogP contribution in [0.15, 0.2) is 24.3 Å². The topological polar surface area (TPSA) is 157 Å². The van der Waals surface area contributed by atoms with Gasteiger partial charge in [0.1, 0.15) is 18.3 Å². The Hall–Kier alpha value is -2.17. The Morgan fingerprint density at radius 3 is 2.50 bits per heavy atom. The third-order valence-electron chi connectivity index (χ3n) is 3.50. The first-order chi connectivity index (χ1) is 11.3. The van der Waals surface area contributed by atoms with Gasteiger partial charge in [0, 0.05) is 6.08 Å². The van der Waals surface area contributed by atoms with E-state index in [0.29, 0.717) is 5.56 Å². The van der Waals surface area contributed by atoms with Crippen LogP contribution in [0.1, 0.15) is 5.56 Å². The van der Waals surface area contributed by atoms with Crippen LogP contribution in [0, 0.1) is 0 Å². The lowest BCUT2D eigenvalue weighted by atomic mass is 9.99. The molecular formula is C15H18O9. The summed E-state index contributed by atoms with van der Waals surface area (Å²) < 4.78 is 9.81. The number of hydrogen-bond donors (Lipinski definition) is 6. The predicted octanol–water partition coefficient (Wildman–Crippen LogP) is -1.55. The summed E-state index contributed by atoms with van der Waals surface area (Å²) in [5.74, 6) is -1.58. The zero-order chi connectivity index (χ0) is 17.9. The molecule has 0 saturated carbocycles. The SMILES string of the molecule is O=C(/C=C/c1ccc(O)c(O)c1)O[C@H]1[C@H](O)[C@@H](O)[C@H](O)O[C@@H]1CO. The highest BCUT2D eigenvalue weighted by atomic mass is 16.7. The molecule has 0 unspecified atom stereocenters. The van der Waals surface area contributed by atoms with Crippen molar-refractivity contribution in [3.8, 4) is 11.5 Å². The Balaban J connectivity index is 2.04. The normalized spacial score (nSPS) is 30.4. The molecule has 5 atom stereocenters. The van der Waals surface area contributed by atoms with Gasteiger partial charge in [-0.05, 0) is 23.8 Å². The van der Waals surface area contributed by atoms with Crippen LogP contribution in [0.3, 0.4) is 0 Å². The van der Waals surface area contributed by atoms with Crippen molar-refractivity contribution >= 4 is 12.0 Å². The molecule has 1 aromatic rings. The van der Waals surface area contributed by atoms with Gasteiger partial charge in [0.2, 0.25) is 0 Å². The van der Waals surface area contributed by atoms with E-state index in [1.807, 2.05) is 0 Å². The fourth-order valence-electron chi connectivity index (χ4n) is 2.19. The van der Waals surface area contributed by atoms with Crippen molar-refractivity contribution in [2.45, 2.75) is 30.7 Å². The van der Waals surface area contributed by atoms with Crippen molar-refractivity contribution < 1.29 is 44.9 Å². The molecule has 1 fully saturated rings. The Morgan fingerprint density at radius 2 is 1.88 bits per heavy atom. The maximum atomic E-state index is 11.8. The number of rotatable bonds is 4. The van der Waals surface area contributed by atoms with Crippen LogP contribution < -0.4 is 0 Å². The van der Waals surface area contributed by atoms with Gasteiger partial charge >= 0.3 is 5.97 Å². The predicted molar refractivity (Wildman–Crippen MR) is 78.7 cm³/mol. The number of hydrogen-bond acceptors (Lipinski definition) is 9. The van der Waals surface area contributed by atoms with E-state index < -0.39 is 43.3 Å². The molecule has 1 heterocycles. The average Bonchev–Trinajstić information content (AvgIpc) is 2.56. The summed E-state index contributed by atoms with van der Waals surface area (Å²) in [6.07, 6.45) is -5.33. The lowest BCUT2D eigenvalue weighted by Gasteiger charge is -2.39. The van der Waals surface area contributed by atoms with E-state index in [-0.39, 0.29) is 11.5 Å². The largest absolute Gasteiger partial charge is 0.504 e. The quantitative estimate of drug-likeness (QED) is 0.217. The first-order valence-corrected chi connectivity index (χ1v) is 7.04. The maximum Gasteiger partial charge on any atom is 0.331 e. The van der Waals surface area contributed by atoms with Crippen LogP contribution >= 0.6 is 0 Å². The molecule has 0 spiro atoms. The Bertz CT molecular complexity index is 613. The molecule has 0 amide bonds. The summed E-state index contributed by atoms with van der Waals surface area (Å²) in [6, 6.07) is 3.89. The van der Waals surface area contributed by atoms with E-state index in [1.54, 1.807) is 0 Å². The van der Waals surface area contributed by atoms with Crippen molar-refractivity contribution in [2.24, 2.45) is 0 Å². The molecule has 1 aliphatic heterocycles. The minimum atomic E-state index is -1.71. The fraction of sp³-hybridized carbons (Fsp3) is 0.400. The second-order valence-electron chi connectivity index (χ2n) is 5.21. The summed E-state index contributed by atoms with van der Waals surface area (Å²) in [6.45, 7) is -0.645. The molecule has 1 aliphatic rings. The molecule has 2 rings (SSSR count). The lowest BCUT2D eigenvalue weighted by Crippen LogP contribution is -2.59. The van der Waals surface area contributed by atoms with Crippen molar-refractivity contribution in [2.75, 3.05) is 6.61 Å². The highest BCUT2D eigenvalue weighted by Crippen LogP contribution is 2.26. The molecule has 9 heteroatoms. The van der Waals surface area contributed by atoms with Gasteiger partial charge in [-0.15, -0.1) is 0 Å². The monoisotopic (exact) mass is 342 g/mol. The first-order valence-electron chi connectivity index (χ1n) is 7.04. The van der Waals surface area contributed by atoms with Gasteiger partial charge in [-0.1, -0.05) is 6.07 Å². The van der Waals surface area contributed by atoms with Crippen LogP contribution in [0.4, 0.5) is 0 Å². The third kappa shape index (κ3) is 4.02. The number of esters is 1. The van der Waals surface area contributed by atoms with Crippen LogP contribution in [-0.2, 0) is 14.3 Å². The van der Waals surface area contributed by atoms with Crippen molar-refractivity contribution in [1.82, 2.24) is 0 Å². The number of aliphatic hydroxyl groups excluding tert-OH is 4.